The maximum Gasteiger partial charge on any atom is 0.251 e. The molecule has 8 heteroatoms. The van der Waals surface area contributed by atoms with E-state index in [-0.39, 0.29) is 5.91 Å². The van der Waals surface area contributed by atoms with Crippen molar-refractivity contribution in [2.75, 3.05) is 52.4 Å². The van der Waals surface area contributed by atoms with E-state index >= 15 is 0 Å². The number of carbonyl (C=O) groups is 1. The minimum absolute atomic E-state index is 0.0232. The summed E-state index contributed by atoms with van der Waals surface area (Å²) in [5.41, 5.74) is 1.81. The Labute approximate surface area is 203 Å². The second-order valence-electron chi connectivity index (χ2n) is 9.20. The summed E-state index contributed by atoms with van der Waals surface area (Å²) in [6.45, 7) is 7.21. The number of carbonyl (C=O) groups excluding carboxylic acids is 1. The third-order valence-corrected chi connectivity index (χ3v) is 8.63. The third-order valence-electron chi connectivity index (χ3n) is 6.72. The van der Waals surface area contributed by atoms with Crippen molar-refractivity contribution in [3.05, 3.63) is 65.7 Å². The van der Waals surface area contributed by atoms with Crippen LogP contribution in [0.4, 0.5) is 0 Å². The molecule has 2 heterocycles. The Morgan fingerprint density at radius 1 is 0.794 bits per heavy atom. The molecule has 0 unspecified atom stereocenters. The topological polar surface area (TPSA) is 73.0 Å². The minimum atomic E-state index is -3.43. The molecular formula is C26H36N4O3S. The molecular weight excluding hydrogens is 448 g/mol. The highest BCUT2D eigenvalue weighted by atomic mass is 32.2. The van der Waals surface area contributed by atoms with Crippen LogP contribution in [0.3, 0.4) is 0 Å². The van der Waals surface area contributed by atoms with Crippen molar-refractivity contribution in [3.63, 3.8) is 0 Å². The molecule has 1 amide bonds. The van der Waals surface area contributed by atoms with E-state index in [4.69, 9.17) is 0 Å². The number of benzene rings is 2. The fourth-order valence-corrected chi connectivity index (χ4v) is 6.12. The number of rotatable bonds is 9. The molecule has 0 aliphatic carbocycles. The highest BCUT2D eigenvalue weighted by molar-refractivity contribution is 7.89. The number of piperazine rings is 1. The predicted octanol–water partition coefficient (Wildman–Crippen LogP) is 2.80. The van der Waals surface area contributed by atoms with Gasteiger partial charge in [-0.2, -0.15) is 4.31 Å². The van der Waals surface area contributed by atoms with Crippen LogP contribution in [0.2, 0.25) is 0 Å². The Bertz CT molecular complexity index is 1010. The van der Waals surface area contributed by atoms with Crippen LogP contribution in [-0.4, -0.2) is 80.8 Å². The second-order valence-corrected chi connectivity index (χ2v) is 11.1. The molecule has 0 atom stereocenters. The van der Waals surface area contributed by atoms with Crippen LogP contribution in [0, 0.1) is 0 Å². The molecule has 7 nitrogen and oxygen atoms in total. The first-order valence-electron chi connectivity index (χ1n) is 12.4. The number of nitrogens with zero attached hydrogens (tertiary/aromatic N) is 3. The van der Waals surface area contributed by atoms with E-state index in [1.165, 1.54) is 32.4 Å². The van der Waals surface area contributed by atoms with E-state index < -0.39 is 10.0 Å². The van der Waals surface area contributed by atoms with Gasteiger partial charge in [0.1, 0.15) is 0 Å². The molecule has 1 N–H and O–H groups in total. The van der Waals surface area contributed by atoms with Crippen molar-refractivity contribution in [2.45, 2.75) is 37.1 Å². The number of nitrogens with one attached hydrogen (secondary N) is 1. The van der Waals surface area contributed by atoms with Gasteiger partial charge < -0.3 is 10.2 Å². The average molecular weight is 485 g/mol. The number of hydrogen-bond acceptors (Lipinski definition) is 5. The van der Waals surface area contributed by atoms with Gasteiger partial charge in [0.05, 0.1) is 4.90 Å². The van der Waals surface area contributed by atoms with Gasteiger partial charge in [-0.3, -0.25) is 9.69 Å². The van der Waals surface area contributed by atoms with Gasteiger partial charge in [-0.1, -0.05) is 36.8 Å². The van der Waals surface area contributed by atoms with Crippen molar-refractivity contribution < 1.29 is 13.2 Å². The van der Waals surface area contributed by atoms with Crippen molar-refractivity contribution >= 4 is 15.9 Å². The lowest BCUT2D eigenvalue weighted by Crippen LogP contribution is -2.48. The molecule has 0 radical (unpaired) electrons. The monoisotopic (exact) mass is 484 g/mol. The van der Waals surface area contributed by atoms with Gasteiger partial charge in [0.2, 0.25) is 10.0 Å². The summed E-state index contributed by atoms with van der Waals surface area (Å²) >= 11 is 0. The summed E-state index contributed by atoms with van der Waals surface area (Å²) in [6, 6.07) is 16.4. The summed E-state index contributed by atoms with van der Waals surface area (Å²) in [4.78, 5) is 17.5. The van der Waals surface area contributed by atoms with Crippen LogP contribution >= 0.6 is 0 Å². The number of hydrogen-bond donors (Lipinski definition) is 1. The van der Waals surface area contributed by atoms with Gasteiger partial charge in [0.15, 0.2) is 0 Å². The lowest BCUT2D eigenvalue weighted by Gasteiger charge is -2.34. The highest BCUT2D eigenvalue weighted by Gasteiger charge is 2.28. The molecule has 2 fully saturated rings. The van der Waals surface area contributed by atoms with E-state index in [0.29, 0.717) is 43.2 Å². The molecule has 2 aromatic carbocycles. The van der Waals surface area contributed by atoms with Crippen LogP contribution in [0.25, 0.3) is 0 Å². The Balaban J connectivity index is 1.19. The smallest absolute Gasteiger partial charge is 0.251 e. The van der Waals surface area contributed by atoms with Crippen LogP contribution < -0.4 is 5.32 Å². The van der Waals surface area contributed by atoms with Crippen LogP contribution in [-0.2, 0) is 16.6 Å². The van der Waals surface area contributed by atoms with E-state index in [2.05, 4.69) is 15.1 Å². The average Bonchev–Trinajstić information content (AvgIpc) is 2.88. The van der Waals surface area contributed by atoms with Gasteiger partial charge in [0.25, 0.3) is 5.91 Å². The van der Waals surface area contributed by atoms with Gasteiger partial charge in [0, 0.05) is 44.8 Å². The fraction of sp³-hybridized carbons (Fsp3) is 0.500. The molecule has 0 saturated carbocycles. The number of piperidine rings is 1. The summed E-state index contributed by atoms with van der Waals surface area (Å²) in [5, 5.41) is 3.03. The molecule has 184 valence electrons. The number of likely N-dealkylation sites (tertiary alicyclic amines) is 1. The van der Waals surface area contributed by atoms with Gasteiger partial charge in [-0.15, -0.1) is 0 Å². The number of amides is 1. The molecule has 0 spiro atoms. The van der Waals surface area contributed by atoms with Crippen LogP contribution in [0.5, 0.6) is 0 Å². The molecule has 0 bridgehead atoms. The summed E-state index contributed by atoms with van der Waals surface area (Å²) in [5.74, 6) is -0.0232. The van der Waals surface area contributed by atoms with Crippen molar-refractivity contribution in [3.8, 4) is 0 Å². The SMILES string of the molecule is O=C(NCCCN1CCCCC1)c1ccc(CN2CCN(S(=O)(=O)c3ccccc3)CC2)cc1. The maximum atomic E-state index is 12.8. The molecule has 0 aromatic heterocycles. The zero-order valence-corrected chi connectivity index (χ0v) is 20.7. The van der Waals surface area contributed by atoms with Gasteiger partial charge >= 0.3 is 0 Å². The Kier molecular flexibility index (Phi) is 8.72. The largest absolute Gasteiger partial charge is 0.352 e. The zero-order chi connectivity index (χ0) is 23.8. The Morgan fingerprint density at radius 3 is 2.15 bits per heavy atom. The summed E-state index contributed by atoms with van der Waals surface area (Å²) in [7, 11) is -3.43. The first-order valence-corrected chi connectivity index (χ1v) is 13.8. The molecule has 2 saturated heterocycles. The minimum Gasteiger partial charge on any atom is -0.352 e. The van der Waals surface area contributed by atoms with E-state index in [9.17, 15) is 13.2 Å². The molecule has 4 rings (SSSR count). The van der Waals surface area contributed by atoms with E-state index in [0.717, 1.165) is 25.1 Å². The Hall–Kier alpha value is -2.26. The fourth-order valence-electron chi connectivity index (χ4n) is 4.68. The van der Waals surface area contributed by atoms with Crippen LogP contribution in [0.15, 0.2) is 59.5 Å². The summed E-state index contributed by atoms with van der Waals surface area (Å²) in [6.07, 6.45) is 4.91. The lowest BCUT2D eigenvalue weighted by molar-refractivity contribution is 0.0951. The molecule has 2 aliphatic rings. The number of sulfonamides is 1. The van der Waals surface area contributed by atoms with Crippen LogP contribution in [0.1, 0.15) is 41.6 Å². The normalized spacial score (nSPS) is 18.6. The first kappa shape index (κ1) is 24.9. The highest BCUT2D eigenvalue weighted by Crippen LogP contribution is 2.18. The van der Waals surface area contributed by atoms with Crippen molar-refractivity contribution in [1.82, 2.24) is 19.4 Å². The third kappa shape index (κ3) is 6.66. The standard InChI is InChI=1S/C26H36N4O3S/c31-26(27-14-7-17-28-15-5-2-6-16-28)24-12-10-23(11-13-24)22-29-18-20-30(21-19-29)34(32,33)25-8-3-1-4-9-25/h1,3-4,8-13H,2,5-7,14-22H2,(H,27,31). The molecule has 2 aliphatic heterocycles. The lowest BCUT2D eigenvalue weighted by atomic mass is 10.1. The predicted molar refractivity (Wildman–Crippen MR) is 134 cm³/mol. The van der Waals surface area contributed by atoms with Gasteiger partial charge in [-0.25, -0.2) is 8.42 Å². The van der Waals surface area contributed by atoms with E-state index in [1.54, 1.807) is 28.6 Å². The zero-order valence-electron chi connectivity index (χ0n) is 19.9. The maximum absolute atomic E-state index is 12.8. The second kappa shape index (κ2) is 11.9. The van der Waals surface area contributed by atoms with E-state index in [1.807, 2.05) is 30.3 Å². The quantitative estimate of drug-likeness (QED) is 0.554. The van der Waals surface area contributed by atoms with Gasteiger partial charge in [-0.05, 0) is 68.7 Å². The molecule has 34 heavy (non-hydrogen) atoms. The summed E-state index contributed by atoms with van der Waals surface area (Å²) < 4.78 is 27.2. The van der Waals surface area contributed by atoms with Crippen molar-refractivity contribution in [2.24, 2.45) is 0 Å². The Morgan fingerprint density at radius 2 is 1.47 bits per heavy atom. The van der Waals surface area contributed by atoms with Crippen molar-refractivity contribution in [1.29, 1.82) is 0 Å². The molecule has 2 aromatic rings. The first-order chi connectivity index (χ1) is 16.5.